The van der Waals surface area contributed by atoms with Crippen molar-refractivity contribution in [3.63, 3.8) is 0 Å². The third-order valence-corrected chi connectivity index (χ3v) is 4.05. The van der Waals surface area contributed by atoms with Crippen LogP contribution in [0, 0.1) is 0 Å². The predicted molar refractivity (Wildman–Crippen MR) is 83.6 cm³/mol. The molecule has 1 aliphatic rings. The van der Waals surface area contributed by atoms with E-state index in [1.165, 1.54) is 25.7 Å². The van der Waals surface area contributed by atoms with E-state index in [4.69, 9.17) is 0 Å². The molecule has 2 rings (SSSR count). The first-order chi connectivity index (χ1) is 9.88. The number of rotatable bonds is 3. The number of carbonyl (C=O) groups is 1. The minimum Gasteiger partial charge on any atom is -0.478 e. The summed E-state index contributed by atoms with van der Waals surface area (Å²) in [7, 11) is 0. The monoisotopic (exact) mass is 290 g/mol. The number of aromatic carboxylic acids is 1. The lowest BCUT2D eigenvalue weighted by atomic mass is 9.91. The molecule has 2 heterocycles. The number of likely N-dealkylation sites (tertiary alicyclic amines) is 1. The van der Waals surface area contributed by atoms with Crippen LogP contribution in [0.4, 0.5) is 0 Å². The van der Waals surface area contributed by atoms with Crippen molar-refractivity contribution in [2.75, 3.05) is 13.1 Å². The highest BCUT2D eigenvalue weighted by Gasteiger charge is 2.21. The van der Waals surface area contributed by atoms with E-state index in [1.54, 1.807) is 6.07 Å². The van der Waals surface area contributed by atoms with Crippen LogP contribution in [0.15, 0.2) is 12.1 Å². The minimum absolute atomic E-state index is 0.0649. The van der Waals surface area contributed by atoms with E-state index in [0.29, 0.717) is 17.8 Å². The van der Waals surface area contributed by atoms with E-state index in [-0.39, 0.29) is 5.41 Å². The van der Waals surface area contributed by atoms with Crippen LogP contribution in [0.25, 0.3) is 0 Å². The average Bonchev–Trinajstić information content (AvgIpc) is 2.66. The van der Waals surface area contributed by atoms with Crippen molar-refractivity contribution in [1.82, 2.24) is 9.88 Å². The molecule has 4 nitrogen and oxygen atoms in total. The lowest BCUT2D eigenvalue weighted by Crippen LogP contribution is -2.27. The van der Waals surface area contributed by atoms with Gasteiger partial charge in [-0.25, -0.2) is 4.79 Å². The van der Waals surface area contributed by atoms with E-state index < -0.39 is 5.97 Å². The number of nitrogens with zero attached hydrogens (tertiary/aromatic N) is 2. The number of pyridine rings is 1. The molecule has 0 radical (unpaired) electrons. The van der Waals surface area contributed by atoms with Gasteiger partial charge in [-0.2, -0.15) is 0 Å². The lowest BCUT2D eigenvalue weighted by Gasteiger charge is -2.23. The smallest absolute Gasteiger partial charge is 0.337 e. The normalized spacial score (nSPS) is 17.5. The van der Waals surface area contributed by atoms with Gasteiger partial charge in [-0.05, 0) is 38.1 Å². The molecule has 0 spiro atoms. The Morgan fingerprint density at radius 3 is 2.33 bits per heavy atom. The van der Waals surface area contributed by atoms with Gasteiger partial charge in [0.1, 0.15) is 0 Å². The summed E-state index contributed by atoms with van der Waals surface area (Å²) in [5.41, 5.74) is 1.94. The molecular formula is C17H26N2O2. The molecule has 0 bridgehead atoms. The standard InChI is InChI=1S/C17H26N2O2/c1-17(2,3)15-9-8-13(16(20)21)14(18-15)12-19-10-6-4-5-7-11-19/h8-9H,4-7,10-12H2,1-3H3,(H,20,21). The van der Waals surface area contributed by atoms with Crippen molar-refractivity contribution in [1.29, 1.82) is 0 Å². The van der Waals surface area contributed by atoms with Crippen LogP contribution in [-0.4, -0.2) is 34.0 Å². The summed E-state index contributed by atoms with van der Waals surface area (Å²) in [6.07, 6.45) is 4.94. The molecule has 0 aliphatic carbocycles. The highest BCUT2D eigenvalue weighted by Crippen LogP contribution is 2.23. The second-order valence-corrected chi connectivity index (χ2v) is 6.94. The number of carboxylic acids is 1. The molecule has 0 amide bonds. The molecule has 116 valence electrons. The van der Waals surface area contributed by atoms with E-state index >= 15 is 0 Å². The predicted octanol–water partition coefficient (Wildman–Crippen LogP) is 3.45. The maximum Gasteiger partial charge on any atom is 0.337 e. The van der Waals surface area contributed by atoms with Crippen molar-refractivity contribution >= 4 is 5.97 Å². The molecule has 0 atom stereocenters. The van der Waals surface area contributed by atoms with E-state index in [0.717, 1.165) is 18.8 Å². The fourth-order valence-corrected chi connectivity index (χ4v) is 2.74. The van der Waals surface area contributed by atoms with E-state index in [9.17, 15) is 9.90 Å². The van der Waals surface area contributed by atoms with E-state index in [1.807, 2.05) is 6.07 Å². The lowest BCUT2D eigenvalue weighted by molar-refractivity contribution is 0.0693. The summed E-state index contributed by atoms with van der Waals surface area (Å²) in [6.45, 7) is 9.04. The van der Waals surface area contributed by atoms with E-state index in [2.05, 4.69) is 30.7 Å². The highest BCUT2D eigenvalue weighted by molar-refractivity contribution is 5.88. The van der Waals surface area contributed by atoms with Crippen molar-refractivity contribution in [2.24, 2.45) is 0 Å². The fourth-order valence-electron chi connectivity index (χ4n) is 2.74. The Kier molecular flexibility index (Phi) is 4.99. The van der Waals surface area contributed by atoms with Crippen LogP contribution >= 0.6 is 0 Å². The Morgan fingerprint density at radius 2 is 1.81 bits per heavy atom. The summed E-state index contributed by atoms with van der Waals surface area (Å²) in [5, 5.41) is 9.39. The number of hydrogen-bond acceptors (Lipinski definition) is 3. The largest absolute Gasteiger partial charge is 0.478 e. The Labute approximate surface area is 127 Å². The maximum atomic E-state index is 11.4. The molecule has 4 heteroatoms. The molecule has 0 unspecified atom stereocenters. The molecule has 1 N–H and O–H groups in total. The van der Waals surface area contributed by atoms with Crippen molar-refractivity contribution in [3.8, 4) is 0 Å². The fraction of sp³-hybridized carbons (Fsp3) is 0.647. The highest BCUT2D eigenvalue weighted by atomic mass is 16.4. The molecule has 21 heavy (non-hydrogen) atoms. The second-order valence-electron chi connectivity index (χ2n) is 6.94. The Hall–Kier alpha value is -1.42. The summed E-state index contributed by atoms with van der Waals surface area (Å²) in [4.78, 5) is 18.4. The summed E-state index contributed by atoms with van der Waals surface area (Å²) in [5.74, 6) is -0.882. The third-order valence-electron chi connectivity index (χ3n) is 4.05. The first kappa shape index (κ1) is 16.0. The molecule has 0 aromatic carbocycles. The zero-order chi connectivity index (χ0) is 15.5. The first-order valence-electron chi connectivity index (χ1n) is 7.84. The summed E-state index contributed by atoms with van der Waals surface area (Å²) in [6, 6.07) is 3.55. The van der Waals surface area contributed by atoms with Gasteiger partial charge < -0.3 is 5.11 Å². The van der Waals surface area contributed by atoms with Crippen LogP contribution in [0.1, 0.15) is 68.2 Å². The van der Waals surface area contributed by atoms with Crippen LogP contribution in [0.2, 0.25) is 0 Å². The molecule has 1 aromatic heterocycles. The van der Waals surface area contributed by atoms with Crippen LogP contribution in [0.3, 0.4) is 0 Å². The van der Waals surface area contributed by atoms with Gasteiger partial charge in [-0.1, -0.05) is 33.6 Å². The average molecular weight is 290 g/mol. The Bertz CT molecular complexity index is 498. The minimum atomic E-state index is -0.882. The quantitative estimate of drug-likeness (QED) is 0.926. The summed E-state index contributed by atoms with van der Waals surface area (Å²) < 4.78 is 0. The van der Waals surface area contributed by atoms with Gasteiger partial charge in [0.05, 0.1) is 11.3 Å². The number of hydrogen-bond donors (Lipinski definition) is 1. The van der Waals surface area contributed by atoms with Crippen LogP contribution in [0.5, 0.6) is 0 Å². The van der Waals surface area contributed by atoms with Gasteiger partial charge in [0.15, 0.2) is 0 Å². The topological polar surface area (TPSA) is 53.4 Å². The molecule has 1 aliphatic heterocycles. The zero-order valence-corrected chi connectivity index (χ0v) is 13.4. The molecule has 0 saturated carbocycles. The molecule has 1 aromatic rings. The van der Waals surface area contributed by atoms with Crippen molar-refractivity contribution < 1.29 is 9.90 Å². The SMILES string of the molecule is CC(C)(C)c1ccc(C(=O)O)c(CN2CCCCCC2)n1. The van der Waals surface area contributed by atoms with Gasteiger partial charge in [0.2, 0.25) is 0 Å². The van der Waals surface area contributed by atoms with Gasteiger partial charge >= 0.3 is 5.97 Å². The van der Waals surface area contributed by atoms with Gasteiger partial charge in [-0.15, -0.1) is 0 Å². The maximum absolute atomic E-state index is 11.4. The molecule has 1 saturated heterocycles. The Balaban J connectivity index is 2.27. The van der Waals surface area contributed by atoms with Crippen LogP contribution in [-0.2, 0) is 12.0 Å². The zero-order valence-electron chi connectivity index (χ0n) is 13.4. The molecular weight excluding hydrogens is 264 g/mol. The number of carboxylic acid groups (broad SMARTS) is 1. The first-order valence-corrected chi connectivity index (χ1v) is 7.84. The van der Waals surface area contributed by atoms with Crippen LogP contribution < -0.4 is 0 Å². The number of aromatic nitrogens is 1. The van der Waals surface area contributed by atoms with Crippen molar-refractivity contribution in [3.05, 3.63) is 29.1 Å². The van der Waals surface area contributed by atoms with Gasteiger partial charge in [0.25, 0.3) is 0 Å². The Morgan fingerprint density at radius 1 is 1.19 bits per heavy atom. The van der Waals surface area contributed by atoms with Gasteiger partial charge in [0, 0.05) is 17.7 Å². The van der Waals surface area contributed by atoms with Crippen molar-refractivity contribution in [2.45, 2.75) is 58.4 Å². The van der Waals surface area contributed by atoms with Gasteiger partial charge in [-0.3, -0.25) is 9.88 Å². The molecule has 1 fully saturated rings. The second kappa shape index (κ2) is 6.56. The summed E-state index contributed by atoms with van der Waals surface area (Å²) >= 11 is 0. The third kappa shape index (κ3) is 4.27.